The van der Waals surface area contributed by atoms with Gasteiger partial charge in [0.1, 0.15) is 32.2 Å². The summed E-state index contributed by atoms with van der Waals surface area (Å²) in [6.07, 6.45) is 1.92. The zero-order valence-corrected chi connectivity index (χ0v) is 14.6. The monoisotopic (exact) mass is 357 g/mol. The van der Waals surface area contributed by atoms with Gasteiger partial charge in [-0.05, 0) is 42.7 Å². The minimum absolute atomic E-state index is 0.137. The van der Waals surface area contributed by atoms with E-state index in [9.17, 15) is 4.79 Å². The second kappa shape index (κ2) is 9.68. The standard InChI is InChI=1S/C20H23NO5/c22-20(21-26-14-13-23-17-6-2-1-3-7-17)8-4-5-16-9-10-18-19(15-16)25-12-11-24-18/h1-3,6-7,9-10,15H,4-5,8,11-14H2,(H,21,22). The molecule has 0 aliphatic carbocycles. The molecule has 1 N–H and O–H groups in total. The van der Waals surface area contributed by atoms with E-state index in [1.54, 1.807) is 0 Å². The van der Waals surface area contributed by atoms with Crippen molar-refractivity contribution in [2.24, 2.45) is 0 Å². The summed E-state index contributed by atoms with van der Waals surface area (Å²) < 4.78 is 16.5. The molecule has 1 aliphatic rings. The molecule has 2 aromatic rings. The van der Waals surface area contributed by atoms with Crippen LogP contribution >= 0.6 is 0 Å². The van der Waals surface area contributed by atoms with Crippen molar-refractivity contribution in [3.05, 3.63) is 54.1 Å². The summed E-state index contributed by atoms with van der Waals surface area (Å²) in [5, 5.41) is 0. The van der Waals surface area contributed by atoms with Crippen LogP contribution in [-0.2, 0) is 16.1 Å². The average Bonchev–Trinajstić information content (AvgIpc) is 2.68. The molecule has 0 spiro atoms. The van der Waals surface area contributed by atoms with Crippen molar-refractivity contribution in [2.45, 2.75) is 19.3 Å². The van der Waals surface area contributed by atoms with E-state index >= 15 is 0 Å². The molecule has 1 amide bonds. The number of benzene rings is 2. The number of nitrogens with one attached hydrogen (secondary N) is 1. The summed E-state index contributed by atoms with van der Waals surface area (Å²) in [6, 6.07) is 15.4. The summed E-state index contributed by atoms with van der Waals surface area (Å²) in [7, 11) is 0. The minimum atomic E-state index is -0.137. The molecule has 0 aromatic heterocycles. The molecular formula is C20H23NO5. The molecule has 0 fully saturated rings. The van der Waals surface area contributed by atoms with Gasteiger partial charge in [0.05, 0.1) is 0 Å². The fourth-order valence-electron chi connectivity index (χ4n) is 2.60. The molecule has 6 heteroatoms. The molecule has 0 radical (unpaired) electrons. The average molecular weight is 357 g/mol. The fraction of sp³-hybridized carbons (Fsp3) is 0.350. The number of amides is 1. The first kappa shape index (κ1) is 18.1. The Hall–Kier alpha value is -2.73. The van der Waals surface area contributed by atoms with Gasteiger partial charge >= 0.3 is 0 Å². The third kappa shape index (κ3) is 5.67. The normalized spacial score (nSPS) is 12.5. The zero-order chi connectivity index (χ0) is 18.0. The van der Waals surface area contributed by atoms with Crippen LogP contribution in [0.15, 0.2) is 48.5 Å². The van der Waals surface area contributed by atoms with Gasteiger partial charge < -0.3 is 14.2 Å². The van der Waals surface area contributed by atoms with Crippen molar-refractivity contribution >= 4 is 5.91 Å². The summed E-state index contributed by atoms with van der Waals surface area (Å²) in [5.74, 6) is 2.20. The number of ether oxygens (including phenoxy) is 3. The van der Waals surface area contributed by atoms with Gasteiger partial charge in [0, 0.05) is 6.42 Å². The van der Waals surface area contributed by atoms with Gasteiger partial charge in [0.25, 0.3) is 0 Å². The Morgan fingerprint density at radius 2 is 1.81 bits per heavy atom. The third-order valence-electron chi connectivity index (χ3n) is 3.86. The molecule has 0 saturated heterocycles. The van der Waals surface area contributed by atoms with Crippen molar-refractivity contribution in [2.75, 3.05) is 26.4 Å². The second-order valence-corrected chi connectivity index (χ2v) is 5.87. The SMILES string of the molecule is O=C(CCCc1ccc2c(c1)OCCO2)NOCCOc1ccccc1. The highest BCUT2D eigenvalue weighted by atomic mass is 16.7. The molecule has 0 atom stereocenters. The van der Waals surface area contributed by atoms with Crippen molar-refractivity contribution in [1.82, 2.24) is 5.48 Å². The Morgan fingerprint density at radius 1 is 1.00 bits per heavy atom. The molecule has 0 bridgehead atoms. The second-order valence-electron chi connectivity index (χ2n) is 5.87. The van der Waals surface area contributed by atoms with Crippen LogP contribution in [0.25, 0.3) is 0 Å². The number of hydrogen-bond donors (Lipinski definition) is 1. The van der Waals surface area contributed by atoms with Gasteiger partial charge in [-0.1, -0.05) is 24.3 Å². The van der Waals surface area contributed by atoms with Crippen molar-refractivity contribution < 1.29 is 23.8 Å². The van der Waals surface area contributed by atoms with E-state index in [1.807, 2.05) is 48.5 Å². The van der Waals surface area contributed by atoms with Crippen LogP contribution in [0, 0.1) is 0 Å². The van der Waals surface area contributed by atoms with Gasteiger partial charge in [-0.15, -0.1) is 0 Å². The predicted molar refractivity (Wildman–Crippen MR) is 96.4 cm³/mol. The zero-order valence-electron chi connectivity index (χ0n) is 14.6. The molecule has 26 heavy (non-hydrogen) atoms. The summed E-state index contributed by atoms with van der Waals surface area (Å²) in [6.45, 7) is 1.83. The first-order valence-corrected chi connectivity index (χ1v) is 8.78. The number of fused-ring (bicyclic) bond motifs is 1. The molecule has 1 heterocycles. The van der Waals surface area contributed by atoms with Crippen molar-refractivity contribution in [3.63, 3.8) is 0 Å². The molecule has 1 aliphatic heterocycles. The van der Waals surface area contributed by atoms with Crippen LogP contribution in [0.3, 0.4) is 0 Å². The van der Waals surface area contributed by atoms with Crippen LogP contribution in [-0.4, -0.2) is 32.3 Å². The molecule has 3 rings (SSSR count). The van der Waals surface area contributed by atoms with E-state index in [2.05, 4.69) is 5.48 Å². The maximum Gasteiger partial charge on any atom is 0.243 e. The number of rotatable bonds is 9. The molecule has 138 valence electrons. The Morgan fingerprint density at radius 3 is 2.65 bits per heavy atom. The minimum Gasteiger partial charge on any atom is -0.491 e. The van der Waals surface area contributed by atoms with Gasteiger partial charge in [-0.25, -0.2) is 5.48 Å². The third-order valence-corrected chi connectivity index (χ3v) is 3.86. The molecule has 0 saturated carbocycles. The lowest BCUT2D eigenvalue weighted by molar-refractivity contribution is -0.134. The number of hydroxylamine groups is 1. The predicted octanol–water partition coefficient (Wildman–Crippen LogP) is 2.91. The van der Waals surface area contributed by atoms with Crippen molar-refractivity contribution in [3.8, 4) is 17.2 Å². The van der Waals surface area contributed by atoms with Crippen LogP contribution in [0.5, 0.6) is 17.2 Å². The lowest BCUT2D eigenvalue weighted by Crippen LogP contribution is -2.25. The lowest BCUT2D eigenvalue weighted by atomic mass is 10.1. The Labute approximate surface area is 153 Å². The van der Waals surface area contributed by atoms with Gasteiger partial charge in [0.15, 0.2) is 11.5 Å². The van der Waals surface area contributed by atoms with Gasteiger partial charge in [-0.3, -0.25) is 9.63 Å². The van der Waals surface area contributed by atoms with Crippen LogP contribution in [0.1, 0.15) is 18.4 Å². The van der Waals surface area contributed by atoms with Gasteiger partial charge in [-0.2, -0.15) is 0 Å². The highest BCUT2D eigenvalue weighted by molar-refractivity contribution is 5.74. The summed E-state index contributed by atoms with van der Waals surface area (Å²) in [4.78, 5) is 16.9. The van der Waals surface area contributed by atoms with E-state index in [1.165, 1.54) is 0 Å². The molecule has 6 nitrogen and oxygen atoms in total. The maximum atomic E-state index is 11.8. The van der Waals surface area contributed by atoms with Crippen LogP contribution in [0.2, 0.25) is 0 Å². The number of carbonyl (C=O) groups excluding carboxylic acids is 1. The Bertz CT molecular complexity index is 705. The number of para-hydroxylation sites is 1. The van der Waals surface area contributed by atoms with E-state index in [4.69, 9.17) is 19.0 Å². The van der Waals surface area contributed by atoms with E-state index < -0.39 is 0 Å². The maximum absolute atomic E-state index is 11.8. The van der Waals surface area contributed by atoms with E-state index in [0.29, 0.717) is 32.8 Å². The molecular weight excluding hydrogens is 334 g/mol. The van der Waals surface area contributed by atoms with Crippen molar-refractivity contribution in [1.29, 1.82) is 0 Å². The smallest absolute Gasteiger partial charge is 0.243 e. The van der Waals surface area contributed by atoms with Crippen LogP contribution in [0.4, 0.5) is 0 Å². The quantitative estimate of drug-likeness (QED) is 0.552. The number of aryl methyl sites for hydroxylation is 1. The molecule has 2 aromatic carbocycles. The Kier molecular flexibility index (Phi) is 6.73. The molecule has 0 unspecified atom stereocenters. The van der Waals surface area contributed by atoms with E-state index in [-0.39, 0.29) is 5.91 Å². The first-order valence-electron chi connectivity index (χ1n) is 8.78. The largest absolute Gasteiger partial charge is 0.491 e. The highest BCUT2D eigenvalue weighted by Crippen LogP contribution is 2.31. The summed E-state index contributed by atoms with van der Waals surface area (Å²) in [5.41, 5.74) is 3.57. The van der Waals surface area contributed by atoms with Gasteiger partial charge in [0.2, 0.25) is 5.91 Å². The topological polar surface area (TPSA) is 66.0 Å². The van der Waals surface area contributed by atoms with Crippen LogP contribution < -0.4 is 19.7 Å². The lowest BCUT2D eigenvalue weighted by Gasteiger charge is -2.18. The number of hydrogen-bond acceptors (Lipinski definition) is 5. The highest BCUT2D eigenvalue weighted by Gasteiger charge is 2.11. The summed E-state index contributed by atoms with van der Waals surface area (Å²) >= 11 is 0. The number of carbonyl (C=O) groups is 1. The van der Waals surface area contributed by atoms with E-state index in [0.717, 1.165) is 35.7 Å². The fourth-order valence-corrected chi connectivity index (χ4v) is 2.60. The first-order chi connectivity index (χ1) is 12.8. The Balaban J connectivity index is 1.27.